The maximum atomic E-state index is 13.7. The molecule has 6 nitrogen and oxygen atoms in total. The van der Waals surface area contributed by atoms with Crippen molar-refractivity contribution in [2.45, 2.75) is 19.0 Å². The lowest BCUT2D eigenvalue weighted by atomic mass is 10.0. The van der Waals surface area contributed by atoms with Gasteiger partial charge in [-0.25, -0.2) is 4.90 Å². The van der Waals surface area contributed by atoms with E-state index in [0.717, 1.165) is 16.0 Å². The Morgan fingerprint density at radius 2 is 1.30 bits per heavy atom. The molecule has 0 saturated carbocycles. The van der Waals surface area contributed by atoms with Crippen molar-refractivity contribution in [2.75, 3.05) is 4.90 Å². The van der Waals surface area contributed by atoms with Crippen molar-refractivity contribution in [2.24, 2.45) is 0 Å². The minimum Gasteiger partial charge on any atom is -0.316 e. The molecule has 2 atom stereocenters. The van der Waals surface area contributed by atoms with Gasteiger partial charge in [0, 0.05) is 11.1 Å². The highest BCUT2D eigenvalue weighted by Gasteiger charge is 2.56. The second kappa shape index (κ2) is 8.68. The maximum Gasteiger partial charge on any atom is 0.266 e. The van der Waals surface area contributed by atoms with Gasteiger partial charge in [0.2, 0.25) is 0 Å². The average Bonchev–Trinajstić information content (AvgIpc) is 3.64. The maximum absolute atomic E-state index is 13.7. The molecule has 0 N–H and O–H groups in total. The smallest absolute Gasteiger partial charge is 0.266 e. The van der Waals surface area contributed by atoms with Crippen molar-refractivity contribution in [3.63, 3.8) is 0 Å². The van der Waals surface area contributed by atoms with Crippen LogP contribution in [0.25, 0.3) is 0 Å². The number of benzene rings is 4. The molecule has 1 fully saturated rings. The lowest BCUT2D eigenvalue weighted by molar-refractivity contribution is 0.0833. The van der Waals surface area contributed by atoms with Crippen LogP contribution in [-0.4, -0.2) is 34.4 Å². The number of hydrogen-bond donors (Lipinski definition) is 0. The minimum absolute atomic E-state index is 0.138. The molecule has 6 rings (SSSR count). The van der Waals surface area contributed by atoms with Crippen molar-refractivity contribution in [3.8, 4) is 0 Å². The van der Waals surface area contributed by atoms with E-state index in [1.54, 1.807) is 47.4 Å². The van der Waals surface area contributed by atoms with Crippen molar-refractivity contribution >= 4 is 29.2 Å². The molecule has 0 spiro atoms. The first-order chi connectivity index (χ1) is 18.0. The van der Waals surface area contributed by atoms with Crippen LogP contribution >= 0.6 is 0 Å². The second-order valence-electron chi connectivity index (χ2n) is 9.24. The normalized spacial score (nSPS) is 18.1. The SMILES string of the molecule is Cc1ccccc1N1C(=O)c2ccc(C(=O)N3[C@H](C(=O)c4ccccc4)[C@H]3c3ccccc3)cc2C1=O. The van der Waals surface area contributed by atoms with E-state index >= 15 is 0 Å². The number of nitrogens with zero attached hydrogens (tertiary/aromatic N) is 2. The number of anilines is 1. The Morgan fingerprint density at radius 3 is 2.00 bits per heavy atom. The molecule has 2 aliphatic heterocycles. The molecule has 0 unspecified atom stereocenters. The Hall–Kier alpha value is -4.84. The number of imide groups is 1. The Balaban J connectivity index is 1.34. The molecule has 2 aliphatic rings. The van der Waals surface area contributed by atoms with E-state index in [1.807, 2.05) is 55.5 Å². The second-order valence-corrected chi connectivity index (χ2v) is 9.24. The summed E-state index contributed by atoms with van der Waals surface area (Å²) in [5, 5.41) is 0. The van der Waals surface area contributed by atoms with Crippen molar-refractivity contribution in [3.05, 3.63) is 137 Å². The molecule has 1 saturated heterocycles. The van der Waals surface area contributed by atoms with Gasteiger partial charge in [-0.1, -0.05) is 78.9 Å². The molecule has 0 radical (unpaired) electrons. The summed E-state index contributed by atoms with van der Waals surface area (Å²) in [4.78, 5) is 56.1. The number of para-hydroxylation sites is 1. The van der Waals surface area contributed by atoms with Gasteiger partial charge in [-0.15, -0.1) is 0 Å². The van der Waals surface area contributed by atoms with E-state index in [0.29, 0.717) is 11.3 Å². The quantitative estimate of drug-likeness (QED) is 0.220. The fourth-order valence-corrected chi connectivity index (χ4v) is 5.08. The zero-order chi connectivity index (χ0) is 25.7. The van der Waals surface area contributed by atoms with Gasteiger partial charge in [0.25, 0.3) is 17.7 Å². The summed E-state index contributed by atoms with van der Waals surface area (Å²) < 4.78 is 0. The molecular weight excluding hydrogens is 464 g/mol. The Kier molecular flexibility index (Phi) is 5.30. The van der Waals surface area contributed by atoms with Crippen molar-refractivity contribution in [1.29, 1.82) is 0 Å². The number of carbonyl (C=O) groups excluding carboxylic acids is 4. The first-order valence-corrected chi connectivity index (χ1v) is 12.0. The predicted molar refractivity (Wildman–Crippen MR) is 139 cm³/mol. The Morgan fingerprint density at radius 1 is 0.676 bits per heavy atom. The number of carbonyl (C=O) groups is 4. The molecule has 180 valence electrons. The zero-order valence-corrected chi connectivity index (χ0v) is 20.0. The highest BCUT2D eigenvalue weighted by Crippen LogP contribution is 2.46. The molecule has 6 heteroatoms. The topological polar surface area (TPSA) is 74.5 Å². The molecule has 0 bridgehead atoms. The van der Waals surface area contributed by atoms with Crippen LogP contribution in [0, 0.1) is 6.92 Å². The highest BCUT2D eigenvalue weighted by molar-refractivity contribution is 6.35. The van der Waals surface area contributed by atoms with Crippen LogP contribution in [0.5, 0.6) is 0 Å². The fourth-order valence-electron chi connectivity index (χ4n) is 5.08. The van der Waals surface area contributed by atoms with E-state index in [4.69, 9.17) is 0 Å². The summed E-state index contributed by atoms with van der Waals surface area (Å²) in [7, 11) is 0. The largest absolute Gasteiger partial charge is 0.316 e. The number of Topliss-reactive ketones (excluding diaryl/α,β-unsaturated/α-hetero) is 1. The summed E-state index contributed by atoms with van der Waals surface area (Å²) in [6.07, 6.45) is 0. The number of fused-ring (bicyclic) bond motifs is 1. The van der Waals surface area contributed by atoms with E-state index in [2.05, 4.69) is 0 Å². The van der Waals surface area contributed by atoms with Gasteiger partial charge in [0.05, 0.1) is 22.9 Å². The molecule has 0 aromatic heterocycles. The Bertz CT molecular complexity index is 1580. The van der Waals surface area contributed by atoms with Gasteiger partial charge in [-0.2, -0.15) is 0 Å². The molecule has 3 amide bonds. The van der Waals surface area contributed by atoms with Gasteiger partial charge in [0.15, 0.2) is 5.78 Å². The van der Waals surface area contributed by atoms with Gasteiger partial charge in [0.1, 0.15) is 6.04 Å². The van der Waals surface area contributed by atoms with Gasteiger partial charge < -0.3 is 4.90 Å². The third kappa shape index (κ3) is 3.65. The molecule has 4 aromatic rings. The standard InChI is InChI=1S/C31H22N2O4/c1-19-10-8-9-15-25(19)32-30(36)23-17-16-22(18-24(23)31(32)37)29(35)33-26(20-11-4-2-5-12-20)27(33)28(34)21-13-6-3-7-14-21/h2-18,26-27H,1H3/t26-,27+,33?/m1/s1. The van der Waals surface area contributed by atoms with Crippen molar-refractivity contribution < 1.29 is 19.2 Å². The third-order valence-corrected chi connectivity index (χ3v) is 7.00. The number of ketones is 1. The molecule has 0 aliphatic carbocycles. The highest BCUT2D eigenvalue weighted by atomic mass is 16.2. The van der Waals surface area contributed by atoms with Crippen LogP contribution < -0.4 is 4.90 Å². The fraction of sp³-hybridized carbons (Fsp3) is 0.0968. The Labute approximate surface area is 213 Å². The molecule has 37 heavy (non-hydrogen) atoms. The summed E-state index contributed by atoms with van der Waals surface area (Å²) in [5.74, 6) is -1.38. The summed E-state index contributed by atoms with van der Waals surface area (Å²) in [5.41, 5.74) is 3.41. The van der Waals surface area contributed by atoms with Crippen molar-refractivity contribution in [1.82, 2.24) is 4.90 Å². The van der Waals surface area contributed by atoms with E-state index < -0.39 is 23.9 Å². The van der Waals surface area contributed by atoms with Gasteiger partial charge >= 0.3 is 0 Å². The third-order valence-electron chi connectivity index (χ3n) is 7.00. The summed E-state index contributed by atoms with van der Waals surface area (Å²) in [6, 6.07) is 29.0. The molecular formula is C31H22N2O4. The number of hydrogen-bond acceptors (Lipinski definition) is 4. The monoisotopic (exact) mass is 486 g/mol. The lowest BCUT2D eigenvalue weighted by Gasteiger charge is -2.16. The average molecular weight is 487 g/mol. The molecule has 4 aromatic carbocycles. The predicted octanol–water partition coefficient (Wildman–Crippen LogP) is 5.24. The van der Waals surface area contributed by atoms with Crippen LogP contribution in [0.3, 0.4) is 0 Å². The van der Waals surface area contributed by atoms with Crippen LogP contribution in [0.2, 0.25) is 0 Å². The first-order valence-electron chi connectivity index (χ1n) is 12.0. The number of aryl methyl sites for hydroxylation is 1. The zero-order valence-electron chi connectivity index (χ0n) is 20.0. The van der Waals surface area contributed by atoms with Crippen LogP contribution in [0.4, 0.5) is 5.69 Å². The van der Waals surface area contributed by atoms with E-state index in [1.165, 1.54) is 12.1 Å². The lowest BCUT2D eigenvalue weighted by Crippen LogP contribution is -2.29. The van der Waals surface area contributed by atoms with Gasteiger partial charge in [-0.05, 0) is 42.3 Å². The van der Waals surface area contributed by atoms with E-state index in [9.17, 15) is 19.2 Å². The number of rotatable bonds is 5. The number of amides is 3. The summed E-state index contributed by atoms with van der Waals surface area (Å²) in [6.45, 7) is 1.84. The van der Waals surface area contributed by atoms with Crippen LogP contribution in [-0.2, 0) is 0 Å². The van der Waals surface area contributed by atoms with Crippen LogP contribution in [0.15, 0.2) is 103 Å². The first kappa shape index (κ1) is 22.6. The minimum atomic E-state index is -0.647. The van der Waals surface area contributed by atoms with Gasteiger partial charge in [-0.3, -0.25) is 19.2 Å². The van der Waals surface area contributed by atoms with Crippen LogP contribution in [0.1, 0.15) is 58.6 Å². The summed E-state index contributed by atoms with van der Waals surface area (Å²) >= 11 is 0. The molecule has 2 heterocycles. The van der Waals surface area contributed by atoms with E-state index in [-0.39, 0.29) is 28.4 Å².